The number of nitriles is 1. The number of hydrogen-bond acceptors (Lipinski definition) is 6. The molecule has 1 aliphatic carbocycles. The molecule has 0 atom stereocenters. The van der Waals surface area contributed by atoms with E-state index in [0.29, 0.717) is 29.4 Å². The summed E-state index contributed by atoms with van der Waals surface area (Å²) in [6.45, 7) is 2.38. The van der Waals surface area contributed by atoms with Crippen molar-refractivity contribution in [2.45, 2.75) is 44.8 Å². The molecule has 7 nitrogen and oxygen atoms in total. The Bertz CT molecular complexity index is 812. The Morgan fingerprint density at radius 1 is 1.30 bits per heavy atom. The standard InChI is InChI=1S/C20H22N4O3/c1-2-26-19-11-17(6-3-14(19)12-21)27-16-7-4-15(5-8-16)24-20(25)18-13-22-9-10-23-18/h3,6,9-11,13,15-16H,2,4-5,7-8H2,1H3,(H,24,25)/t15-,16-. The second-order valence-electron chi connectivity index (χ2n) is 6.36. The zero-order chi connectivity index (χ0) is 19.1. The van der Waals surface area contributed by atoms with E-state index in [2.05, 4.69) is 21.4 Å². The Balaban J connectivity index is 1.52. The molecule has 1 amide bonds. The number of nitrogens with one attached hydrogen (secondary N) is 1. The van der Waals surface area contributed by atoms with Crippen LogP contribution in [0.5, 0.6) is 11.5 Å². The lowest BCUT2D eigenvalue weighted by Gasteiger charge is -2.29. The zero-order valence-corrected chi connectivity index (χ0v) is 15.2. The summed E-state index contributed by atoms with van der Waals surface area (Å²) in [5.74, 6) is 1.05. The van der Waals surface area contributed by atoms with Gasteiger partial charge in [0, 0.05) is 24.5 Å². The third-order valence-electron chi connectivity index (χ3n) is 4.48. The molecule has 1 N–H and O–H groups in total. The molecule has 2 aromatic rings. The monoisotopic (exact) mass is 366 g/mol. The molecule has 0 saturated heterocycles. The van der Waals surface area contributed by atoms with Gasteiger partial charge < -0.3 is 14.8 Å². The van der Waals surface area contributed by atoms with Gasteiger partial charge in [0.05, 0.1) is 24.5 Å². The Kier molecular flexibility index (Phi) is 6.21. The molecule has 0 bridgehead atoms. The number of rotatable bonds is 6. The van der Waals surface area contributed by atoms with Crippen LogP contribution in [-0.2, 0) is 0 Å². The van der Waals surface area contributed by atoms with Crippen LogP contribution in [-0.4, -0.2) is 34.6 Å². The summed E-state index contributed by atoms with van der Waals surface area (Å²) in [7, 11) is 0. The number of benzene rings is 1. The summed E-state index contributed by atoms with van der Waals surface area (Å²) in [4.78, 5) is 20.1. The van der Waals surface area contributed by atoms with Gasteiger partial charge in [-0.3, -0.25) is 9.78 Å². The molecule has 1 aliphatic rings. The minimum Gasteiger partial charge on any atom is -0.492 e. The van der Waals surface area contributed by atoms with E-state index < -0.39 is 0 Å². The van der Waals surface area contributed by atoms with Gasteiger partial charge in [0.15, 0.2) is 0 Å². The van der Waals surface area contributed by atoms with E-state index in [-0.39, 0.29) is 18.1 Å². The van der Waals surface area contributed by atoms with Crippen LogP contribution in [0.25, 0.3) is 0 Å². The van der Waals surface area contributed by atoms with Gasteiger partial charge in [-0.15, -0.1) is 0 Å². The van der Waals surface area contributed by atoms with Crippen molar-refractivity contribution < 1.29 is 14.3 Å². The van der Waals surface area contributed by atoms with E-state index in [1.54, 1.807) is 24.4 Å². The molecule has 0 unspecified atom stereocenters. The molecule has 1 fully saturated rings. The number of hydrogen-bond donors (Lipinski definition) is 1. The molecule has 7 heteroatoms. The Hall–Kier alpha value is -3.14. The van der Waals surface area contributed by atoms with Gasteiger partial charge >= 0.3 is 0 Å². The van der Waals surface area contributed by atoms with E-state index in [1.165, 1.54) is 12.4 Å². The van der Waals surface area contributed by atoms with E-state index in [0.717, 1.165) is 25.7 Å². The average Bonchev–Trinajstić information content (AvgIpc) is 2.71. The van der Waals surface area contributed by atoms with Crippen molar-refractivity contribution in [3.05, 3.63) is 48.0 Å². The number of carbonyl (C=O) groups excluding carboxylic acids is 1. The summed E-state index contributed by atoms with van der Waals surface area (Å²) >= 11 is 0. The van der Waals surface area contributed by atoms with E-state index in [9.17, 15) is 4.79 Å². The van der Waals surface area contributed by atoms with Crippen molar-refractivity contribution in [1.82, 2.24) is 15.3 Å². The fraction of sp³-hybridized carbons (Fsp3) is 0.400. The topological polar surface area (TPSA) is 97.1 Å². The lowest BCUT2D eigenvalue weighted by atomic mass is 9.93. The Morgan fingerprint density at radius 3 is 2.78 bits per heavy atom. The van der Waals surface area contributed by atoms with E-state index in [1.807, 2.05) is 6.92 Å². The highest BCUT2D eigenvalue weighted by Crippen LogP contribution is 2.28. The van der Waals surface area contributed by atoms with Gasteiger partial charge in [-0.25, -0.2) is 4.98 Å². The Morgan fingerprint density at radius 2 is 2.11 bits per heavy atom. The zero-order valence-electron chi connectivity index (χ0n) is 15.2. The fourth-order valence-electron chi connectivity index (χ4n) is 3.14. The van der Waals surface area contributed by atoms with Crippen molar-refractivity contribution in [3.63, 3.8) is 0 Å². The number of nitrogens with zero attached hydrogens (tertiary/aromatic N) is 3. The van der Waals surface area contributed by atoms with Crippen LogP contribution in [0.4, 0.5) is 0 Å². The second kappa shape index (κ2) is 8.99. The lowest BCUT2D eigenvalue weighted by molar-refractivity contribution is 0.0888. The highest BCUT2D eigenvalue weighted by atomic mass is 16.5. The minimum absolute atomic E-state index is 0.0806. The van der Waals surface area contributed by atoms with Crippen LogP contribution < -0.4 is 14.8 Å². The van der Waals surface area contributed by atoms with Gasteiger partial charge in [0.1, 0.15) is 23.3 Å². The number of ether oxygens (including phenoxy) is 2. The first-order chi connectivity index (χ1) is 13.2. The molecule has 0 spiro atoms. The van der Waals surface area contributed by atoms with E-state index >= 15 is 0 Å². The normalized spacial score (nSPS) is 19.0. The van der Waals surface area contributed by atoms with Gasteiger partial charge in [-0.2, -0.15) is 5.26 Å². The lowest BCUT2D eigenvalue weighted by Crippen LogP contribution is -2.40. The quantitative estimate of drug-likeness (QED) is 0.844. The fourth-order valence-corrected chi connectivity index (χ4v) is 3.14. The molecule has 1 aromatic heterocycles. The third kappa shape index (κ3) is 4.94. The first kappa shape index (κ1) is 18.6. The van der Waals surface area contributed by atoms with Gasteiger partial charge in [-0.05, 0) is 44.7 Å². The first-order valence-corrected chi connectivity index (χ1v) is 9.10. The molecule has 3 rings (SSSR count). The number of carbonyl (C=O) groups is 1. The molecule has 140 valence electrons. The van der Waals surface area contributed by atoms with Gasteiger partial charge in [-0.1, -0.05) is 0 Å². The predicted molar refractivity (Wildman–Crippen MR) is 98.5 cm³/mol. The molecule has 1 heterocycles. The minimum atomic E-state index is -0.194. The van der Waals surface area contributed by atoms with Crippen LogP contribution in [0.2, 0.25) is 0 Å². The summed E-state index contributed by atoms with van der Waals surface area (Å²) in [5, 5.41) is 12.1. The van der Waals surface area contributed by atoms with E-state index in [4.69, 9.17) is 14.7 Å². The summed E-state index contributed by atoms with van der Waals surface area (Å²) in [6.07, 6.45) is 7.96. The van der Waals surface area contributed by atoms with Crippen molar-refractivity contribution in [2.75, 3.05) is 6.61 Å². The maximum atomic E-state index is 12.2. The molecule has 1 saturated carbocycles. The van der Waals surface area contributed by atoms with Crippen LogP contribution in [0.1, 0.15) is 48.7 Å². The van der Waals surface area contributed by atoms with Crippen molar-refractivity contribution >= 4 is 5.91 Å². The molecule has 0 radical (unpaired) electrons. The summed E-state index contributed by atoms with van der Waals surface area (Å²) < 4.78 is 11.6. The predicted octanol–water partition coefficient (Wildman–Crippen LogP) is 2.87. The molecular weight excluding hydrogens is 344 g/mol. The van der Waals surface area contributed by atoms with Crippen molar-refractivity contribution in [3.8, 4) is 17.6 Å². The summed E-state index contributed by atoms with van der Waals surface area (Å²) in [6, 6.07) is 7.51. The smallest absolute Gasteiger partial charge is 0.271 e. The Labute approximate surface area is 158 Å². The second-order valence-corrected chi connectivity index (χ2v) is 6.36. The van der Waals surface area contributed by atoms with Crippen LogP contribution >= 0.6 is 0 Å². The summed E-state index contributed by atoms with van der Waals surface area (Å²) in [5.41, 5.74) is 0.830. The highest BCUT2D eigenvalue weighted by molar-refractivity contribution is 5.92. The average molecular weight is 366 g/mol. The van der Waals surface area contributed by atoms with Gasteiger partial charge in [0.25, 0.3) is 5.91 Å². The molecule has 27 heavy (non-hydrogen) atoms. The SMILES string of the molecule is CCOc1cc(O[C@H]2CC[C@H](NC(=O)c3cnccn3)CC2)ccc1C#N. The van der Waals surface area contributed by atoms with Crippen molar-refractivity contribution in [2.24, 2.45) is 0 Å². The van der Waals surface area contributed by atoms with Gasteiger partial charge in [0.2, 0.25) is 0 Å². The number of amides is 1. The highest BCUT2D eigenvalue weighted by Gasteiger charge is 2.24. The maximum Gasteiger partial charge on any atom is 0.271 e. The van der Waals surface area contributed by atoms with Crippen molar-refractivity contribution in [1.29, 1.82) is 5.26 Å². The molecule has 0 aliphatic heterocycles. The number of aromatic nitrogens is 2. The van der Waals surface area contributed by atoms with Crippen LogP contribution in [0.3, 0.4) is 0 Å². The van der Waals surface area contributed by atoms with Crippen LogP contribution in [0.15, 0.2) is 36.8 Å². The maximum absolute atomic E-state index is 12.2. The first-order valence-electron chi connectivity index (χ1n) is 9.10. The molecular formula is C20H22N4O3. The van der Waals surface area contributed by atoms with Crippen LogP contribution in [0, 0.1) is 11.3 Å². The largest absolute Gasteiger partial charge is 0.492 e. The molecule has 1 aromatic carbocycles. The third-order valence-corrected chi connectivity index (χ3v) is 4.48.